The second kappa shape index (κ2) is 8.60. The van der Waals surface area contributed by atoms with Crippen molar-refractivity contribution in [1.82, 2.24) is 4.98 Å². The summed E-state index contributed by atoms with van der Waals surface area (Å²) in [6, 6.07) is 12.1. The molecule has 0 atom stereocenters. The molecular weight excluding hydrogens is 425 g/mol. The number of rotatable bonds is 7. The number of hydrogen-bond acceptors (Lipinski definition) is 6. The summed E-state index contributed by atoms with van der Waals surface area (Å²) >= 11 is 12.5. The molecule has 1 N–H and O–H groups in total. The van der Waals surface area contributed by atoms with E-state index < -0.39 is 17.5 Å². The minimum Gasteiger partial charge on any atom is -0.481 e. The first-order chi connectivity index (χ1) is 13.3. The van der Waals surface area contributed by atoms with Crippen molar-refractivity contribution in [3.8, 4) is 0 Å². The molecule has 1 aromatic heterocycles. The number of thioether (sulfide) groups is 1. The Hall–Kier alpha value is -2.61. The van der Waals surface area contributed by atoms with Gasteiger partial charge in [0, 0.05) is 21.2 Å². The van der Waals surface area contributed by atoms with Crippen molar-refractivity contribution in [3.63, 3.8) is 0 Å². The van der Waals surface area contributed by atoms with Crippen molar-refractivity contribution in [2.75, 3.05) is 5.75 Å². The van der Waals surface area contributed by atoms with E-state index in [0.29, 0.717) is 10.0 Å². The van der Waals surface area contributed by atoms with Crippen molar-refractivity contribution in [1.29, 1.82) is 0 Å². The molecular formula is C19H11Cl2NO5S. The standard InChI is InChI=1S/C19H11Cl2NO5S/c20-12-5-1-10(2-6-12)16(25)15-18(27-19(22-15)28-9-14(23)24)17(26)11-3-7-13(21)8-4-11/h1-8H,9H2,(H,23,24). The van der Waals surface area contributed by atoms with Crippen LogP contribution in [0.5, 0.6) is 0 Å². The third-order valence-electron chi connectivity index (χ3n) is 3.56. The summed E-state index contributed by atoms with van der Waals surface area (Å²) in [5.41, 5.74) is 0.313. The number of oxazole rings is 1. The molecule has 0 amide bonds. The first kappa shape index (κ1) is 20.1. The van der Waals surface area contributed by atoms with Gasteiger partial charge in [-0.25, -0.2) is 0 Å². The number of aromatic nitrogens is 1. The van der Waals surface area contributed by atoms with E-state index in [0.717, 1.165) is 11.8 Å². The Labute approximate surface area is 173 Å². The predicted octanol–water partition coefficient (Wildman–Crippen LogP) is 4.62. The molecule has 0 radical (unpaired) electrons. The number of aliphatic carboxylic acids is 1. The van der Waals surface area contributed by atoms with E-state index >= 15 is 0 Å². The Morgan fingerprint density at radius 3 is 1.89 bits per heavy atom. The van der Waals surface area contributed by atoms with Crippen LogP contribution in [0.15, 0.2) is 58.2 Å². The fraction of sp³-hybridized carbons (Fsp3) is 0.0526. The molecule has 6 nitrogen and oxygen atoms in total. The van der Waals surface area contributed by atoms with Crippen LogP contribution < -0.4 is 0 Å². The highest BCUT2D eigenvalue weighted by Gasteiger charge is 2.27. The normalized spacial score (nSPS) is 10.6. The summed E-state index contributed by atoms with van der Waals surface area (Å²) in [6.07, 6.45) is 0. The van der Waals surface area contributed by atoms with Gasteiger partial charge in [0.2, 0.25) is 17.3 Å². The fourth-order valence-corrected chi connectivity index (χ4v) is 3.06. The minimum absolute atomic E-state index is 0.0861. The number of carbonyl (C=O) groups is 3. The van der Waals surface area contributed by atoms with E-state index in [1.807, 2.05) is 0 Å². The number of hydrogen-bond donors (Lipinski definition) is 1. The molecule has 9 heteroatoms. The molecule has 0 saturated heterocycles. The van der Waals surface area contributed by atoms with Gasteiger partial charge in [-0.3, -0.25) is 14.4 Å². The largest absolute Gasteiger partial charge is 0.481 e. The smallest absolute Gasteiger partial charge is 0.314 e. The van der Waals surface area contributed by atoms with Gasteiger partial charge >= 0.3 is 5.97 Å². The average molecular weight is 436 g/mol. The Bertz CT molecular complexity index is 970. The van der Waals surface area contributed by atoms with Crippen molar-refractivity contribution in [3.05, 3.63) is 81.2 Å². The number of ketones is 2. The summed E-state index contributed by atoms with van der Waals surface area (Å²) in [6.45, 7) is 0. The monoisotopic (exact) mass is 435 g/mol. The number of halogens is 2. The molecule has 28 heavy (non-hydrogen) atoms. The molecule has 0 aliphatic carbocycles. The molecule has 0 bridgehead atoms. The van der Waals surface area contributed by atoms with E-state index in [2.05, 4.69) is 4.98 Å². The van der Waals surface area contributed by atoms with Gasteiger partial charge in [-0.1, -0.05) is 35.0 Å². The van der Waals surface area contributed by atoms with Crippen LogP contribution in [-0.4, -0.2) is 33.4 Å². The number of benzene rings is 2. The van der Waals surface area contributed by atoms with Gasteiger partial charge in [0.1, 0.15) is 5.75 Å². The molecule has 1 heterocycles. The van der Waals surface area contributed by atoms with Gasteiger partial charge in [-0.15, -0.1) is 0 Å². The summed E-state index contributed by atoms with van der Waals surface area (Å²) < 4.78 is 5.44. The van der Waals surface area contributed by atoms with Crippen LogP contribution in [0.2, 0.25) is 10.0 Å². The molecule has 0 saturated carbocycles. The lowest BCUT2D eigenvalue weighted by Gasteiger charge is -2.02. The summed E-state index contributed by atoms with van der Waals surface area (Å²) in [5.74, 6) is -2.79. The van der Waals surface area contributed by atoms with Gasteiger partial charge in [0.15, 0.2) is 5.69 Å². The van der Waals surface area contributed by atoms with E-state index in [-0.39, 0.29) is 33.6 Å². The SMILES string of the molecule is O=C(O)CSc1nc(C(=O)c2ccc(Cl)cc2)c(C(=O)c2ccc(Cl)cc2)o1. The number of nitrogens with zero attached hydrogens (tertiary/aromatic N) is 1. The highest BCUT2D eigenvalue weighted by atomic mass is 35.5. The predicted molar refractivity (Wildman–Crippen MR) is 105 cm³/mol. The van der Waals surface area contributed by atoms with Crippen LogP contribution in [0.3, 0.4) is 0 Å². The third-order valence-corrected chi connectivity index (χ3v) is 4.88. The maximum absolute atomic E-state index is 12.9. The quantitative estimate of drug-likeness (QED) is 0.426. The van der Waals surface area contributed by atoms with E-state index in [1.165, 1.54) is 48.5 Å². The van der Waals surface area contributed by atoms with Gasteiger partial charge in [-0.05, 0) is 48.5 Å². The lowest BCUT2D eigenvalue weighted by atomic mass is 10.0. The van der Waals surface area contributed by atoms with Gasteiger partial charge < -0.3 is 9.52 Å². The topological polar surface area (TPSA) is 97.5 Å². The van der Waals surface area contributed by atoms with Crippen LogP contribution in [0.25, 0.3) is 0 Å². The highest BCUT2D eigenvalue weighted by Crippen LogP contribution is 2.26. The van der Waals surface area contributed by atoms with Gasteiger partial charge in [-0.2, -0.15) is 4.98 Å². The first-order valence-electron chi connectivity index (χ1n) is 7.81. The van der Waals surface area contributed by atoms with Crippen LogP contribution in [-0.2, 0) is 4.79 Å². The molecule has 0 fully saturated rings. The number of carboxylic acids is 1. The van der Waals surface area contributed by atoms with Crippen molar-refractivity contribution >= 4 is 52.5 Å². The lowest BCUT2D eigenvalue weighted by molar-refractivity contribution is -0.133. The number of carbonyl (C=O) groups excluding carboxylic acids is 2. The second-order valence-electron chi connectivity index (χ2n) is 5.51. The maximum atomic E-state index is 12.9. The average Bonchev–Trinajstić information content (AvgIpc) is 3.11. The Morgan fingerprint density at radius 2 is 1.39 bits per heavy atom. The van der Waals surface area contributed by atoms with Crippen LogP contribution in [0, 0.1) is 0 Å². The zero-order chi connectivity index (χ0) is 20.3. The van der Waals surface area contributed by atoms with E-state index in [1.54, 1.807) is 0 Å². The molecule has 0 aliphatic rings. The molecule has 3 aromatic rings. The minimum atomic E-state index is -1.08. The summed E-state index contributed by atoms with van der Waals surface area (Å²) in [5, 5.41) is 9.64. The van der Waals surface area contributed by atoms with Crippen molar-refractivity contribution in [2.24, 2.45) is 0 Å². The first-order valence-corrected chi connectivity index (χ1v) is 9.55. The summed E-state index contributed by atoms with van der Waals surface area (Å²) in [7, 11) is 0. The third kappa shape index (κ3) is 4.62. The van der Waals surface area contributed by atoms with Crippen LogP contribution in [0.4, 0.5) is 0 Å². The van der Waals surface area contributed by atoms with E-state index in [4.69, 9.17) is 32.7 Å². The Kier molecular flexibility index (Phi) is 6.18. The number of carboxylic acid groups (broad SMARTS) is 1. The Morgan fingerprint density at radius 1 is 0.893 bits per heavy atom. The lowest BCUT2D eigenvalue weighted by Crippen LogP contribution is -2.10. The Balaban J connectivity index is 2.02. The van der Waals surface area contributed by atoms with E-state index in [9.17, 15) is 14.4 Å². The fourth-order valence-electron chi connectivity index (χ4n) is 2.26. The molecule has 3 rings (SSSR count). The van der Waals surface area contributed by atoms with Crippen molar-refractivity contribution in [2.45, 2.75) is 5.22 Å². The van der Waals surface area contributed by atoms with Gasteiger partial charge in [0.25, 0.3) is 5.22 Å². The highest BCUT2D eigenvalue weighted by molar-refractivity contribution is 7.99. The molecule has 142 valence electrons. The molecule has 0 unspecified atom stereocenters. The second-order valence-corrected chi connectivity index (χ2v) is 7.31. The zero-order valence-electron chi connectivity index (χ0n) is 14.0. The van der Waals surface area contributed by atoms with Crippen LogP contribution >= 0.6 is 35.0 Å². The molecule has 0 aliphatic heterocycles. The van der Waals surface area contributed by atoms with Crippen molar-refractivity contribution < 1.29 is 23.9 Å². The molecule has 2 aromatic carbocycles. The molecule has 0 spiro atoms. The zero-order valence-corrected chi connectivity index (χ0v) is 16.3. The summed E-state index contributed by atoms with van der Waals surface area (Å²) in [4.78, 5) is 40.5. The van der Waals surface area contributed by atoms with Crippen LogP contribution in [0.1, 0.15) is 32.2 Å². The maximum Gasteiger partial charge on any atom is 0.314 e. The van der Waals surface area contributed by atoms with Gasteiger partial charge in [0.05, 0.1) is 0 Å².